The van der Waals surface area contributed by atoms with Crippen molar-refractivity contribution in [2.24, 2.45) is 0 Å². The van der Waals surface area contributed by atoms with E-state index in [1.54, 1.807) is 12.3 Å². The Bertz CT molecular complexity index is 921. The van der Waals surface area contributed by atoms with E-state index in [1.807, 2.05) is 0 Å². The molecule has 0 aliphatic rings. The molecule has 3 aromatic rings. The molecule has 0 unspecified atom stereocenters. The highest BCUT2D eigenvalue weighted by Crippen LogP contribution is 2.23. The lowest BCUT2D eigenvalue weighted by atomic mass is 10.1. The summed E-state index contributed by atoms with van der Waals surface area (Å²) in [7, 11) is 0. The Balaban J connectivity index is 1.83. The number of hydrogen-bond acceptors (Lipinski definition) is 4. The van der Waals surface area contributed by atoms with Gasteiger partial charge in [0.25, 0.3) is 0 Å². The van der Waals surface area contributed by atoms with Gasteiger partial charge in [-0.3, -0.25) is 14.6 Å². The van der Waals surface area contributed by atoms with E-state index < -0.39 is 18.6 Å². The molecule has 1 N–H and O–H groups in total. The van der Waals surface area contributed by atoms with Gasteiger partial charge in [0, 0.05) is 30.7 Å². The van der Waals surface area contributed by atoms with Crippen molar-refractivity contribution in [2.45, 2.75) is 25.6 Å². The number of halogens is 3. The summed E-state index contributed by atoms with van der Waals surface area (Å²) in [6, 6.07) is 4.46. The third kappa shape index (κ3) is 4.11. The second-order valence-corrected chi connectivity index (χ2v) is 5.47. The number of nitrogens with zero attached hydrogens (tertiary/aromatic N) is 4. The van der Waals surface area contributed by atoms with Gasteiger partial charge in [-0.2, -0.15) is 18.3 Å². The number of alkyl halides is 3. The minimum Gasteiger partial charge on any atom is -0.478 e. The maximum absolute atomic E-state index is 12.2. The average Bonchev–Trinajstić information content (AvgIpc) is 2.95. The van der Waals surface area contributed by atoms with Crippen LogP contribution in [0.3, 0.4) is 0 Å². The van der Waals surface area contributed by atoms with E-state index in [4.69, 9.17) is 5.11 Å². The highest BCUT2D eigenvalue weighted by molar-refractivity contribution is 5.89. The van der Waals surface area contributed by atoms with Crippen molar-refractivity contribution in [2.75, 3.05) is 0 Å². The van der Waals surface area contributed by atoms with Gasteiger partial charge in [-0.05, 0) is 24.6 Å². The van der Waals surface area contributed by atoms with Crippen molar-refractivity contribution >= 4 is 16.9 Å². The van der Waals surface area contributed by atoms with Gasteiger partial charge >= 0.3 is 12.1 Å². The summed E-state index contributed by atoms with van der Waals surface area (Å²) >= 11 is 0. The summed E-state index contributed by atoms with van der Waals surface area (Å²) in [6.45, 7) is 0.149. The van der Waals surface area contributed by atoms with Crippen LogP contribution < -0.4 is 0 Å². The zero-order chi connectivity index (χ0) is 18.0. The third-order valence-corrected chi connectivity index (χ3v) is 3.55. The fraction of sp³-hybridized carbons (Fsp3) is 0.250. The highest BCUT2D eigenvalue weighted by Gasteiger charge is 2.26. The lowest BCUT2D eigenvalue weighted by Gasteiger charge is -2.05. The van der Waals surface area contributed by atoms with Gasteiger partial charge in [-0.1, -0.05) is 0 Å². The SMILES string of the molecule is O=C(O)c1ccnc(-c2cc3cn(CCCC(F)(F)F)nc3cn2)c1. The van der Waals surface area contributed by atoms with Crippen LogP contribution >= 0.6 is 0 Å². The Morgan fingerprint density at radius 1 is 1.20 bits per heavy atom. The lowest BCUT2D eigenvalue weighted by molar-refractivity contribution is -0.136. The van der Waals surface area contributed by atoms with Gasteiger partial charge in [-0.15, -0.1) is 0 Å². The molecule has 0 saturated carbocycles. The predicted molar refractivity (Wildman–Crippen MR) is 83.0 cm³/mol. The number of aromatic carboxylic acids is 1. The second kappa shape index (κ2) is 6.50. The molecule has 3 aromatic heterocycles. The molecular weight excluding hydrogens is 337 g/mol. The Kier molecular flexibility index (Phi) is 4.39. The molecule has 3 rings (SSSR count). The van der Waals surface area contributed by atoms with Crippen molar-refractivity contribution in [1.29, 1.82) is 0 Å². The Hall–Kier alpha value is -2.97. The monoisotopic (exact) mass is 350 g/mol. The Labute approximate surface area is 139 Å². The topological polar surface area (TPSA) is 80.9 Å². The minimum absolute atomic E-state index is 0.0556. The standard InChI is InChI=1S/C16H13F3N4O2/c17-16(18,19)3-1-5-23-9-11-7-13(21-8-14(11)22-23)12-6-10(15(24)25)2-4-20-12/h2,4,6-9H,1,3,5H2,(H,24,25). The second-order valence-electron chi connectivity index (χ2n) is 5.47. The smallest absolute Gasteiger partial charge is 0.389 e. The van der Waals surface area contributed by atoms with Crippen LogP contribution in [0.1, 0.15) is 23.2 Å². The number of aromatic nitrogens is 4. The Morgan fingerprint density at radius 2 is 1.96 bits per heavy atom. The van der Waals surface area contributed by atoms with E-state index in [-0.39, 0.29) is 18.5 Å². The summed E-state index contributed by atoms with van der Waals surface area (Å²) in [5.41, 5.74) is 1.50. The van der Waals surface area contributed by atoms with Gasteiger partial charge in [0.2, 0.25) is 0 Å². The zero-order valence-electron chi connectivity index (χ0n) is 12.9. The van der Waals surface area contributed by atoms with Crippen LogP contribution in [0, 0.1) is 0 Å². The van der Waals surface area contributed by atoms with E-state index in [0.717, 1.165) is 0 Å². The van der Waals surface area contributed by atoms with Crippen molar-refractivity contribution in [3.63, 3.8) is 0 Å². The molecule has 0 aliphatic heterocycles. The fourth-order valence-electron chi connectivity index (χ4n) is 2.38. The van der Waals surface area contributed by atoms with Crippen molar-refractivity contribution in [3.8, 4) is 11.4 Å². The Morgan fingerprint density at radius 3 is 2.68 bits per heavy atom. The van der Waals surface area contributed by atoms with E-state index >= 15 is 0 Å². The van der Waals surface area contributed by atoms with Crippen LogP contribution in [0.2, 0.25) is 0 Å². The highest BCUT2D eigenvalue weighted by atomic mass is 19.4. The van der Waals surface area contributed by atoms with E-state index in [9.17, 15) is 18.0 Å². The van der Waals surface area contributed by atoms with E-state index in [1.165, 1.54) is 29.2 Å². The molecule has 0 radical (unpaired) electrons. The number of rotatable bonds is 5. The number of hydrogen-bond donors (Lipinski definition) is 1. The van der Waals surface area contributed by atoms with Crippen molar-refractivity contribution < 1.29 is 23.1 Å². The van der Waals surface area contributed by atoms with E-state index in [2.05, 4.69) is 15.1 Å². The molecule has 0 aromatic carbocycles. The summed E-state index contributed by atoms with van der Waals surface area (Å²) in [5.74, 6) is -1.07. The van der Waals surface area contributed by atoms with Crippen LogP contribution in [0.4, 0.5) is 13.2 Å². The fourth-order valence-corrected chi connectivity index (χ4v) is 2.38. The first kappa shape index (κ1) is 16.9. The average molecular weight is 350 g/mol. The molecular formula is C16H13F3N4O2. The predicted octanol–water partition coefficient (Wildman–Crippen LogP) is 3.53. The molecule has 0 atom stereocenters. The maximum atomic E-state index is 12.2. The summed E-state index contributed by atoms with van der Waals surface area (Å²) in [5, 5.41) is 13.9. The number of pyridine rings is 2. The number of carboxylic acid groups (broad SMARTS) is 1. The molecule has 3 heterocycles. The van der Waals surface area contributed by atoms with Crippen LogP contribution in [0.25, 0.3) is 22.3 Å². The van der Waals surface area contributed by atoms with Gasteiger partial charge in [0.05, 0.1) is 23.1 Å². The molecule has 0 amide bonds. The summed E-state index contributed by atoms with van der Waals surface area (Å²) in [4.78, 5) is 19.3. The van der Waals surface area contributed by atoms with Gasteiger partial charge in [0.1, 0.15) is 5.52 Å². The number of aryl methyl sites for hydroxylation is 1. The molecule has 0 spiro atoms. The molecule has 0 fully saturated rings. The summed E-state index contributed by atoms with van der Waals surface area (Å²) in [6.07, 6.45) is -0.593. The van der Waals surface area contributed by atoms with Crippen LogP contribution in [0.15, 0.2) is 36.8 Å². The number of carbonyl (C=O) groups is 1. The van der Waals surface area contributed by atoms with Crippen molar-refractivity contribution in [3.05, 3.63) is 42.4 Å². The minimum atomic E-state index is -4.18. The largest absolute Gasteiger partial charge is 0.478 e. The van der Waals surface area contributed by atoms with Crippen molar-refractivity contribution in [1.82, 2.24) is 19.7 Å². The first-order chi connectivity index (χ1) is 11.8. The van der Waals surface area contributed by atoms with Gasteiger partial charge < -0.3 is 5.11 Å². The molecule has 0 saturated heterocycles. The quantitative estimate of drug-likeness (QED) is 0.761. The van der Waals surface area contributed by atoms with Crippen LogP contribution in [-0.4, -0.2) is 37.0 Å². The maximum Gasteiger partial charge on any atom is 0.389 e. The molecule has 0 bridgehead atoms. The molecule has 130 valence electrons. The summed E-state index contributed by atoms with van der Waals surface area (Å²) < 4.78 is 38.1. The van der Waals surface area contributed by atoms with Crippen LogP contribution in [-0.2, 0) is 6.54 Å². The first-order valence-corrected chi connectivity index (χ1v) is 7.41. The van der Waals surface area contributed by atoms with E-state index in [0.29, 0.717) is 22.3 Å². The van der Waals surface area contributed by atoms with Gasteiger partial charge in [-0.25, -0.2) is 4.79 Å². The molecule has 0 aliphatic carbocycles. The lowest BCUT2D eigenvalue weighted by Crippen LogP contribution is -2.09. The normalized spacial score (nSPS) is 11.8. The number of fused-ring (bicyclic) bond motifs is 1. The number of carboxylic acids is 1. The molecule has 9 heteroatoms. The molecule has 25 heavy (non-hydrogen) atoms. The van der Waals surface area contributed by atoms with Gasteiger partial charge in [0.15, 0.2) is 0 Å². The zero-order valence-corrected chi connectivity index (χ0v) is 12.9. The van der Waals surface area contributed by atoms with Crippen LogP contribution in [0.5, 0.6) is 0 Å². The first-order valence-electron chi connectivity index (χ1n) is 7.41. The molecule has 6 nitrogen and oxygen atoms in total. The third-order valence-electron chi connectivity index (χ3n) is 3.55.